The summed E-state index contributed by atoms with van der Waals surface area (Å²) in [6.45, 7) is 3.31. The summed E-state index contributed by atoms with van der Waals surface area (Å²) in [6.07, 6.45) is 0.952. The molecule has 0 aromatic heterocycles. The summed E-state index contributed by atoms with van der Waals surface area (Å²) in [5.74, 6) is 1.54. The molecule has 1 atom stereocenters. The van der Waals surface area contributed by atoms with Crippen LogP contribution in [0.2, 0.25) is 0 Å². The maximum atomic E-state index is 12.4. The van der Waals surface area contributed by atoms with Gasteiger partial charge in [0, 0.05) is 44.1 Å². The van der Waals surface area contributed by atoms with Gasteiger partial charge in [-0.25, -0.2) is 4.79 Å². The fourth-order valence-electron chi connectivity index (χ4n) is 3.83. The van der Waals surface area contributed by atoms with E-state index in [0.717, 1.165) is 30.9 Å². The Labute approximate surface area is 194 Å². The first-order valence-corrected chi connectivity index (χ1v) is 11.0. The van der Waals surface area contributed by atoms with E-state index in [1.165, 1.54) is 0 Å². The van der Waals surface area contributed by atoms with Crippen LogP contribution in [-0.2, 0) is 4.79 Å². The number of nitrogens with zero attached hydrogens (tertiary/aromatic N) is 2. The van der Waals surface area contributed by atoms with E-state index in [9.17, 15) is 9.59 Å². The molecule has 1 saturated heterocycles. The van der Waals surface area contributed by atoms with E-state index in [2.05, 4.69) is 15.5 Å². The Morgan fingerprint density at radius 3 is 2.06 bits per heavy atom. The zero-order valence-corrected chi connectivity index (χ0v) is 18.8. The van der Waals surface area contributed by atoms with Crippen LogP contribution in [0.25, 0.3) is 0 Å². The van der Waals surface area contributed by atoms with Crippen LogP contribution in [-0.4, -0.2) is 43.0 Å². The molecule has 7 nitrogen and oxygen atoms in total. The summed E-state index contributed by atoms with van der Waals surface area (Å²) in [5.41, 5.74) is 2.45. The molecule has 1 aliphatic rings. The minimum atomic E-state index is -0.316. The van der Waals surface area contributed by atoms with Gasteiger partial charge in [-0.05, 0) is 67.1 Å². The summed E-state index contributed by atoms with van der Waals surface area (Å²) in [6, 6.07) is 24.4. The molecule has 7 heteroatoms. The first-order chi connectivity index (χ1) is 16.0. The van der Waals surface area contributed by atoms with Crippen molar-refractivity contribution < 1.29 is 14.3 Å². The number of nitrogens with one attached hydrogen (secondary N) is 2. The first-order valence-electron chi connectivity index (χ1n) is 11.0. The van der Waals surface area contributed by atoms with Crippen LogP contribution in [0.15, 0.2) is 78.9 Å². The van der Waals surface area contributed by atoms with E-state index in [-0.39, 0.29) is 18.0 Å². The summed E-state index contributed by atoms with van der Waals surface area (Å²) in [5, 5.41) is 5.68. The molecule has 1 heterocycles. The predicted octanol–water partition coefficient (Wildman–Crippen LogP) is 5.18. The molecule has 1 fully saturated rings. The summed E-state index contributed by atoms with van der Waals surface area (Å²) >= 11 is 0. The van der Waals surface area contributed by atoms with Gasteiger partial charge in [0.1, 0.15) is 11.5 Å². The maximum Gasteiger partial charge on any atom is 0.323 e. The molecule has 1 aliphatic heterocycles. The molecule has 0 bridgehead atoms. The highest BCUT2D eigenvalue weighted by molar-refractivity contribution is 5.99. The molecular weight excluding hydrogens is 416 g/mol. The monoisotopic (exact) mass is 444 g/mol. The van der Waals surface area contributed by atoms with E-state index in [1.807, 2.05) is 73.8 Å². The Kier molecular flexibility index (Phi) is 6.78. The van der Waals surface area contributed by atoms with E-state index in [1.54, 1.807) is 24.0 Å². The lowest BCUT2D eigenvalue weighted by Crippen LogP contribution is -2.37. The zero-order valence-electron chi connectivity index (χ0n) is 18.8. The number of anilines is 3. The Hall–Kier alpha value is -4.00. The van der Waals surface area contributed by atoms with Crippen LogP contribution in [0, 0.1) is 0 Å². The average molecular weight is 445 g/mol. The van der Waals surface area contributed by atoms with Gasteiger partial charge in [-0.3, -0.25) is 4.79 Å². The second-order valence-electron chi connectivity index (χ2n) is 8.08. The molecule has 3 aromatic carbocycles. The van der Waals surface area contributed by atoms with Crippen LogP contribution in [0.4, 0.5) is 21.9 Å². The van der Waals surface area contributed by atoms with Crippen molar-refractivity contribution in [1.29, 1.82) is 0 Å². The van der Waals surface area contributed by atoms with Crippen molar-refractivity contribution in [1.82, 2.24) is 4.90 Å². The number of para-hydroxylation sites is 1. The highest BCUT2D eigenvalue weighted by Crippen LogP contribution is 2.25. The fourth-order valence-corrected chi connectivity index (χ4v) is 3.83. The third kappa shape index (κ3) is 5.83. The Bertz CT molecular complexity index is 1080. The molecule has 0 radical (unpaired) electrons. The van der Waals surface area contributed by atoms with Crippen LogP contribution >= 0.6 is 0 Å². The first kappa shape index (κ1) is 22.2. The topological polar surface area (TPSA) is 73.9 Å². The van der Waals surface area contributed by atoms with Gasteiger partial charge in [0.15, 0.2) is 0 Å². The van der Waals surface area contributed by atoms with Crippen molar-refractivity contribution >= 4 is 29.0 Å². The van der Waals surface area contributed by atoms with Gasteiger partial charge in [-0.15, -0.1) is 0 Å². The summed E-state index contributed by atoms with van der Waals surface area (Å²) < 4.78 is 5.77. The molecule has 4 rings (SSSR count). The van der Waals surface area contributed by atoms with E-state index >= 15 is 0 Å². The fraction of sp³-hybridized carbons (Fsp3) is 0.231. The number of ether oxygens (including phenoxy) is 1. The summed E-state index contributed by atoms with van der Waals surface area (Å²) in [4.78, 5) is 28.0. The van der Waals surface area contributed by atoms with Gasteiger partial charge in [-0.2, -0.15) is 0 Å². The quantitative estimate of drug-likeness (QED) is 0.549. The Morgan fingerprint density at radius 2 is 1.45 bits per heavy atom. The number of amides is 3. The standard InChI is InChI=1S/C26H28N4O3/c1-19(31)29(2)23-16-17-30(18-23)22-12-8-20(9-13-22)27-26(32)28-21-10-14-25(15-11-21)33-24-6-4-3-5-7-24/h3-15,23H,16-18H2,1-2H3,(H2,27,28,32)/t23-/m0/s1. The third-order valence-electron chi connectivity index (χ3n) is 5.79. The molecule has 3 aromatic rings. The van der Waals surface area contributed by atoms with Crippen LogP contribution < -0.4 is 20.3 Å². The van der Waals surface area contributed by atoms with Crippen molar-refractivity contribution in [3.8, 4) is 11.5 Å². The number of carbonyl (C=O) groups excluding carboxylic acids is 2. The van der Waals surface area contributed by atoms with Gasteiger partial charge < -0.3 is 25.2 Å². The molecular formula is C26H28N4O3. The van der Waals surface area contributed by atoms with Gasteiger partial charge in [0.25, 0.3) is 0 Å². The molecule has 0 saturated carbocycles. The smallest absolute Gasteiger partial charge is 0.323 e. The van der Waals surface area contributed by atoms with Crippen LogP contribution in [0.3, 0.4) is 0 Å². The van der Waals surface area contributed by atoms with E-state index in [4.69, 9.17) is 4.74 Å². The molecule has 2 N–H and O–H groups in total. The van der Waals surface area contributed by atoms with Gasteiger partial charge in [0.2, 0.25) is 5.91 Å². The second-order valence-corrected chi connectivity index (χ2v) is 8.08. The van der Waals surface area contributed by atoms with Gasteiger partial charge in [-0.1, -0.05) is 18.2 Å². The van der Waals surface area contributed by atoms with E-state index in [0.29, 0.717) is 17.1 Å². The van der Waals surface area contributed by atoms with Crippen molar-refractivity contribution in [2.24, 2.45) is 0 Å². The third-order valence-corrected chi connectivity index (χ3v) is 5.79. The molecule has 0 aliphatic carbocycles. The molecule has 3 amide bonds. The lowest BCUT2D eigenvalue weighted by molar-refractivity contribution is -0.129. The molecule has 0 unspecified atom stereocenters. The second kappa shape index (κ2) is 10.1. The van der Waals surface area contributed by atoms with Crippen LogP contribution in [0.5, 0.6) is 11.5 Å². The largest absolute Gasteiger partial charge is 0.457 e. The molecule has 170 valence electrons. The SMILES string of the molecule is CC(=O)N(C)[C@H]1CCN(c2ccc(NC(=O)Nc3ccc(Oc4ccccc4)cc3)cc2)C1. The van der Waals surface area contributed by atoms with Gasteiger partial charge in [0.05, 0.1) is 6.04 Å². The van der Waals surface area contributed by atoms with Crippen molar-refractivity contribution in [2.45, 2.75) is 19.4 Å². The zero-order chi connectivity index (χ0) is 23.2. The minimum absolute atomic E-state index is 0.0887. The Morgan fingerprint density at radius 1 is 0.879 bits per heavy atom. The van der Waals surface area contributed by atoms with Gasteiger partial charge >= 0.3 is 6.03 Å². The average Bonchev–Trinajstić information content (AvgIpc) is 3.31. The van der Waals surface area contributed by atoms with Crippen molar-refractivity contribution in [2.75, 3.05) is 35.7 Å². The number of likely N-dealkylation sites (N-methyl/N-ethyl adjacent to an activating group) is 1. The number of carbonyl (C=O) groups is 2. The highest BCUT2D eigenvalue weighted by Gasteiger charge is 2.27. The normalized spacial score (nSPS) is 15.1. The maximum absolute atomic E-state index is 12.4. The number of benzene rings is 3. The van der Waals surface area contributed by atoms with E-state index < -0.39 is 0 Å². The number of hydrogen-bond donors (Lipinski definition) is 2. The lowest BCUT2D eigenvalue weighted by atomic mass is 10.2. The Balaban J connectivity index is 1.28. The lowest BCUT2D eigenvalue weighted by Gasteiger charge is -2.24. The van der Waals surface area contributed by atoms with Crippen molar-refractivity contribution in [3.05, 3.63) is 78.9 Å². The minimum Gasteiger partial charge on any atom is -0.457 e. The summed E-state index contributed by atoms with van der Waals surface area (Å²) in [7, 11) is 1.85. The number of rotatable bonds is 6. The van der Waals surface area contributed by atoms with Crippen molar-refractivity contribution in [3.63, 3.8) is 0 Å². The molecule has 33 heavy (non-hydrogen) atoms. The predicted molar refractivity (Wildman–Crippen MR) is 131 cm³/mol. The number of hydrogen-bond acceptors (Lipinski definition) is 4. The molecule has 0 spiro atoms. The number of urea groups is 1. The highest BCUT2D eigenvalue weighted by atomic mass is 16.5. The van der Waals surface area contributed by atoms with Crippen LogP contribution in [0.1, 0.15) is 13.3 Å².